The Morgan fingerprint density at radius 2 is 1.47 bits per heavy atom. The average Bonchev–Trinajstić information content (AvgIpc) is 2.93. The monoisotopic (exact) mass is 479 g/mol. The molecule has 186 valence electrons. The Bertz CT molecular complexity index is 1200. The second-order valence-corrected chi connectivity index (χ2v) is 10.9. The van der Waals surface area contributed by atoms with Gasteiger partial charge >= 0.3 is 0 Å². The van der Waals surface area contributed by atoms with Crippen molar-refractivity contribution in [3.8, 4) is 35.1 Å². The average molecular weight is 480 g/mol. The van der Waals surface area contributed by atoms with Crippen molar-refractivity contribution in [3.63, 3.8) is 0 Å². The van der Waals surface area contributed by atoms with Crippen LogP contribution in [0.5, 0.6) is 5.75 Å². The topological polar surface area (TPSA) is 80.6 Å². The molecule has 0 heterocycles. The molecule has 2 aromatic rings. The molecule has 0 saturated heterocycles. The summed E-state index contributed by atoms with van der Waals surface area (Å²) < 4.78 is 5.79. The van der Waals surface area contributed by atoms with Crippen LogP contribution in [0.4, 0.5) is 0 Å². The van der Waals surface area contributed by atoms with E-state index in [-0.39, 0.29) is 5.41 Å². The summed E-state index contributed by atoms with van der Waals surface area (Å²) in [6.45, 7) is 4.94. The van der Waals surface area contributed by atoms with Gasteiger partial charge in [-0.15, -0.1) is 0 Å². The van der Waals surface area contributed by atoms with Crippen LogP contribution in [0.3, 0.4) is 0 Å². The van der Waals surface area contributed by atoms with Crippen molar-refractivity contribution >= 4 is 0 Å². The third kappa shape index (κ3) is 4.86. The summed E-state index contributed by atoms with van der Waals surface area (Å²) in [5.41, 5.74) is 4.46. The normalized spacial score (nSPS) is 22.4. The van der Waals surface area contributed by atoms with E-state index in [9.17, 15) is 15.8 Å². The second kappa shape index (κ2) is 11.2. The van der Waals surface area contributed by atoms with Crippen LogP contribution in [0.1, 0.15) is 113 Å². The molecule has 3 fully saturated rings. The van der Waals surface area contributed by atoms with Crippen LogP contribution in [-0.4, -0.2) is 6.61 Å². The summed E-state index contributed by atoms with van der Waals surface area (Å²) in [6.07, 6.45) is 14.2. The van der Waals surface area contributed by atoms with Gasteiger partial charge in [-0.2, -0.15) is 15.8 Å². The molecule has 0 aliphatic heterocycles. The number of ether oxygens (including phenoxy) is 1. The number of unbranched alkanes of at least 4 members (excludes halogenated alkanes) is 3. The Morgan fingerprint density at radius 1 is 0.778 bits per heavy atom. The maximum absolute atomic E-state index is 10.2. The number of benzene rings is 2. The first-order valence-corrected chi connectivity index (χ1v) is 13.7. The zero-order chi connectivity index (χ0) is 25.6. The molecule has 4 heteroatoms. The van der Waals surface area contributed by atoms with E-state index >= 15 is 0 Å². The van der Waals surface area contributed by atoms with Gasteiger partial charge in [0.2, 0.25) is 0 Å². The zero-order valence-electron chi connectivity index (χ0n) is 21.8. The maximum Gasteiger partial charge on any atom is 0.137 e. The van der Waals surface area contributed by atoms with Gasteiger partial charge in [-0.05, 0) is 85.5 Å². The van der Waals surface area contributed by atoms with E-state index in [1.54, 1.807) is 6.07 Å². The summed E-state index contributed by atoms with van der Waals surface area (Å²) >= 11 is 0. The minimum absolute atomic E-state index is 0.0104. The van der Waals surface area contributed by atoms with Gasteiger partial charge < -0.3 is 4.74 Å². The number of nitrogens with zero attached hydrogens (tertiary/aromatic N) is 3. The Hall–Kier alpha value is -3.29. The smallest absolute Gasteiger partial charge is 0.137 e. The lowest BCUT2D eigenvalue weighted by Gasteiger charge is -2.54. The lowest BCUT2D eigenvalue weighted by atomic mass is 9.50. The summed E-state index contributed by atoms with van der Waals surface area (Å²) in [4.78, 5) is 0. The van der Waals surface area contributed by atoms with Crippen LogP contribution < -0.4 is 4.74 Å². The third-order valence-electron chi connectivity index (χ3n) is 8.88. The Morgan fingerprint density at radius 3 is 2.08 bits per heavy atom. The number of nitriles is 3. The highest BCUT2D eigenvalue weighted by Gasteiger charge is 2.49. The minimum Gasteiger partial charge on any atom is -0.492 e. The molecule has 0 N–H and O–H groups in total. The first-order chi connectivity index (χ1) is 17.5. The Balaban J connectivity index is 1.65. The molecule has 0 spiro atoms. The van der Waals surface area contributed by atoms with E-state index in [1.807, 2.05) is 18.2 Å². The predicted molar refractivity (Wildman–Crippen MR) is 142 cm³/mol. The van der Waals surface area contributed by atoms with E-state index in [2.05, 4.69) is 38.1 Å². The molecule has 3 aliphatic rings. The molecule has 4 nitrogen and oxygen atoms in total. The van der Waals surface area contributed by atoms with Gasteiger partial charge in [0, 0.05) is 5.56 Å². The predicted octanol–water partition coefficient (Wildman–Crippen LogP) is 8.32. The molecule has 0 unspecified atom stereocenters. The van der Waals surface area contributed by atoms with Crippen molar-refractivity contribution in [1.82, 2.24) is 0 Å². The first-order valence-electron chi connectivity index (χ1n) is 13.7. The molecule has 5 rings (SSSR count). The molecule has 2 aromatic carbocycles. The number of hydrogen-bond acceptors (Lipinski definition) is 4. The molecule has 2 bridgehead atoms. The van der Waals surface area contributed by atoms with Crippen molar-refractivity contribution in [1.29, 1.82) is 15.8 Å². The van der Waals surface area contributed by atoms with Gasteiger partial charge in [0.1, 0.15) is 24.0 Å². The fourth-order valence-corrected chi connectivity index (χ4v) is 6.55. The molecule has 0 amide bonds. The van der Waals surface area contributed by atoms with Crippen LogP contribution in [0.2, 0.25) is 0 Å². The molecule has 3 saturated carbocycles. The zero-order valence-corrected chi connectivity index (χ0v) is 21.8. The summed E-state index contributed by atoms with van der Waals surface area (Å²) in [5.74, 6) is 0.566. The van der Waals surface area contributed by atoms with E-state index < -0.39 is 0 Å². The van der Waals surface area contributed by atoms with Gasteiger partial charge in [0.05, 0.1) is 23.3 Å². The SMILES string of the molecule is CCCCCC12CCC(c3ccc(-c4ccc(OCCCC)c(C#N)c4)c(C#N)c3C#N)(CC1)CC2. The first kappa shape index (κ1) is 25.8. The highest BCUT2D eigenvalue weighted by atomic mass is 16.5. The van der Waals surface area contributed by atoms with Crippen molar-refractivity contribution in [3.05, 3.63) is 52.6 Å². The fraction of sp³-hybridized carbons (Fsp3) is 0.531. The molecular weight excluding hydrogens is 442 g/mol. The van der Waals surface area contributed by atoms with Crippen molar-refractivity contribution in [2.24, 2.45) is 5.41 Å². The lowest BCUT2D eigenvalue weighted by Crippen LogP contribution is -2.44. The van der Waals surface area contributed by atoms with Crippen molar-refractivity contribution in [2.45, 2.75) is 96.3 Å². The van der Waals surface area contributed by atoms with Gasteiger partial charge in [-0.1, -0.05) is 57.7 Å². The maximum atomic E-state index is 10.2. The van der Waals surface area contributed by atoms with Crippen LogP contribution in [0.25, 0.3) is 11.1 Å². The highest BCUT2D eigenvalue weighted by molar-refractivity contribution is 5.77. The molecule has 0 atom stereocenters. The molecule has 3 aliphatic carbocycles. The third-order valence-corrected chi connectivity index (χ3v) is 8.88. The van der Waals surface area contributed by atoms with Crippen molar-refractivity contribution < 1.29 is 4.74 Å². The standard InChI is InChI=1S/C32H37N3O/c1-3-5-7-12-31-13-16-32(17-14-31,18-15-31)29-10-9-26(27(22-34)28(29)23-35)24-8-11-30(25(20-24)21-33)36-19-6-4-2/h8-11,20H,3-7,12-19H2,1-2H3. The molecule has 0 aromatic heterocycles. The quantitative estimate of drug-likeness (QED) is 0.321. The van der Waals surface area contributed by atoms with E-state index in [0.717, 1.165) is 43.2 Å². The van der Waals surface area contributed by atoms with E-state index in [1.165, 1.54) is 44.9 Å². The van der Waals surface area contributed by atoms with Crippen molar-refractivity contribution in [2.75, 3.05) is 6.61 Å². The summed E-state index contributed by atoms with van der Waals surface area (Å²) in [5, 5.41) is 30.1. The van der Waals surface area contributed by atoms with Gasteiger partial charge in [0.25, 0.3) is 0 Å². The van der Waals surface area contributed by atoms with Gasteiger partial charge in [-0.25, -0.2) is 0 Å². The van der Waals surface area contributed by atoms with E-state index in [4.69, 9.17) is 4.74 Å². The van der Waals surface area contributed by atoms with Crippen LogP contribution in [0.15, 0.2) is 30.3 Å². The van der Waals surface area contributed by atoms with E-state index in [0.29, 0.717) is 40.0 Å². The molecular formula is C32H37N3O. The van der Waals surface area contributed by atoms with Gasteiger partial charge in [0.15, 0.2) is 0 Å². The van der Waals surface area contributed by atoms with Gasteiger partial charge in [-0.3, -0.25) is 0 Å². The highest BCUT2D eigenvalue weighted by Crippen LogP contribution is 2.60. The van der Waals surface area contributed by atoms with Crippen LogP contribution in [-0.2, 0) is 5.41 Å². The molecule has 36 heavy (non-hydrogen) atoms. The van der Waals surface area contributed by atoms with Crippen LogP contribution in [0, 0.1) is 39.4 Å². The number of hydrogen-bond donors (Lipinski definition) is 0. The fourth-order valence-electron chi connectivity index (χ4n) is 6.55. The number of rotatable bonds is 10. The number of fused-ring (bicyclic) bond motifs is 3. The Kier molecular flexibility index (Phi) is 8.01. The largest absolute Gasteiger partial charge is 0.492 e. The Labute approximate surface area is 216 Å². The summed E-state index contributed by atoms with van der Waals surface area (Å²) in [6, 6.07) is 16.6. The minimum atomic E-state index is 0.0104. The summed E-state index contributed by atoms with van der Waals surface area (Å²) in [7, 11) is 0. The lowest BCUT2D eigenvalue weighted by molar-refractivity contribution is 0.0304. The van der Waals surface area contributed by atoms with Crippen LogP contribution >= 0.6 is 0 Å². The molecule has 0 radical (unpaired) electrons. The second-order valence-electron chi connectivity index (χ2n) is 10.9.